The maximum Gasteiger partial charge on any atom is 0.161 e. The van der Waals surface area contributed by atoms with Gasteiger partial charge in [0.15, 0.2) is 11.5 Å². The molecule has 0 saturated carbocycles. The Kier molecular flexibility index (Phi) is 19.3. The zero-order chi connectivity index (χ0) is 21.2. The van der Waals surface area contributed by atoms with Gasteiger partial charge in [-0.25, -0.2) is 0 Å². The van der Waals surface area contributed by atoms with E-state index in [1.807, 2.05) is 18.2 Å². The molecule has 1 aromatic rings. The normalized spacial score (nSPS) is 11.7. The van der Waals surface area contributed by atoms with Gasteiger partial charge in [-0.15, -0.1) is 12.4 Å². The average molecular weight is 444 g/mol. The third-order valence-corrected chi connectivity index (χ3v) is 5.25. The Labute approximate surface area is 191 Å². The van der Waals surface area contributed by atoms with Gasteiger partial charge in [0, 0.05) is 6.04 Å². The molecular weight excluding hydrogens is 398 g/mol. The van der Waals surface area contributed by atoms with Crippen LogP contribution in [0.1, 0.15) is 96.5 Å². The molecule has 4 nitrogen and oxygen atoms in total. The summed E-state index contributed by atoms with van der Waals surface area (Å²) in [6, 6.07) is 5.82. The van der Waals surface area contributed by atoms with Crippen LogP contribution < -0.4 is 15.2 Å². The number of hydrogen-bond donors (Lipinski definition) is 2. The second-order valence-electron chi connectivity index (χ2n) is 8.16. The summed E-state index contributed by atoms with van der Waals surface area (Å²) in [4.78, 5) is 0. The van der Waals surface area contributed by atoms with E-state index < -0.39 is 0 Å². The molecule has 176 valence electrons. The predicted octanol–water partition coefficient (Wildman–Crippen LogP) is 6.45. The van der Waals surface area contributed by atoms with Crippen molar-refractivity contribution in [2.75, 3.05) is 19.8 Å². The minimum absolute atomic E-state index is 0. The summed E-state index contributed by atoms with van der Waals surface area (Å²) in [6.45, 7) is 5.92. The van der Waals surface area contributed by atoms with Crippen molar-refractivity contribution >= 4 is 12.4 Å². The smallest absolute Gasteiger partial charge is 0.161 e. The summed E-state index contributed by atoms with van der Waals surface area (Å²) < 4.78 is 12.1. The van der Waals surface area contributed by atoms with Crippen LogP contribution in [0.15, 0.2) is 18.2 Å². The Hall–Kier alpha value is -0.970. The Morgan fingerprint density at radius 1 is 0.767 bits per heavy atom. The largest absolute Gasteiger partial charge is 0.490 e. The van der Waals surface area contributed by atoms with Crippen molar-refractivity contribution in [3.05, 3.63) is 23.8 Å². The first kappa shape index (κ1) is 29.0. The molecule has 0 bridgehead atoms. The number of hydrogen-bond acceptors (Lipinski definition) is 4. The van der Waals surface area contributed by atoms with Gasteiger partial charge in [-0.2, -0.15) is 0 Å². The van der Waals surface area contributed by atoms with Crippen molar-refractivity contribution in [2.24, 2.45) is 5.73 Å². The molecule has 0 radical (unpaired) electrons. The lowest BCUT2D eigenvalue weighted by Gasteiger charge is -2.15. The van der Waals surface area contributed by atoms with Crippen LogP contribution in [0.25, 0.3) is 0 Å². The molecule has 3 N–H and O–H groups in total. The molecule has 1 aromatic carbocycles. The standard InChI is InChI=1S/C25H45NO3.ClH/c1-3-5-7-9-11-13-17-28-24-16-15-22(19-23(26)21-27)20-25(24)29-18-14-12-10-8-6-4-2;/h15-16,20,23,27H,3-14,17-19,21,26H2,1-2H3;1H. The fourth-order valence-electron chi connectivity index (χ4n) is 3.41. The summed E-state index contributed by atoms with van der Waals surface area (Å²) in [6.07, 6.45) is 15.6. The van der Waals surface area contributed by atoms with E-state index in [0.717, 1.165) is 43.1 Å². The topological polar surface area (TPSA) is 64.7 Å². The lowest BCUT2D eigenvalue weighted by Crippen LogP contribution is -2.26. The van der Waals surface area contributed by atoms with Gasteiger partial charge in [0.05, 0.1) is 19.8 Å². The monoisotopic (exact) mass is 443 g/mol. The SMILES string of the molecule is CCCCCCCCOc1ccc(CC(N)CO)cc1OCCCCCCCC.Cl. The number of benzene rings is 1. The van der Waals surface area contributed by atoms with Crippen LogP contribution >= 0.6 is 12.4 Å². The zero-order valence-corrected chi connectivity index (χ0v) is 20.2. The summed E-state index contributed by atoms with van der Waals surface area (Å²) in [5, 5.41) is 9.22. The molecular formula is C25H46ClNO3. The first-order valence-corrected chi connectivity index (χ1v) is 12.0. The number of rotatable bonds is 19. The molecule has 0 aromatic heterocycles. The summed E-state index contributed by atoms with van der Waals surface area (Å²) >= 11 is 0. The third-order valence-electron chi connectivity index (χ3n) is 5.25. The van der Waals surface area contributed by atoms with Crippen molar-refractivity contribution in [3.8, 4) is 11.5 Å². The van der Waals surface area contributed by atoms with Crippen LogP contribution in [-0.4, -0.2) is 31.0 Å². The molecule has 30 heavy (non-hydrogen) atoms. The molecule has 0 fully saturated rings. The van der Waals surface area contributed by atoms with E-state index in [1.54, 1.807) is 0 Å². The third kappa shape index (κ3) is 14.1. The Balaban J connectivity index is 0.00000841. The second kappa shape index (κ2) is 20.0. The van der Waals surface area contributed by atoms with Crippen molar-refractivity contribution in [1.29, 1.82) is 0 Å². The zero-order valence-electron chi connectivity index (χ0n) is 19.4. The predicted molar refractivity (Wildman–Crippen MR) is 130 cm³/mol. The highest BCUT2D eigenvalue weighted by Crippen LogP contribution is 2.29. The highest BCUT2D eigenvalue weighted by atomic mass is 35.5. The van der Waals surface area contributed by atoms with Gasteiger partial charge in [0.25, 0.3) is 0 Å². The number of nitrogens with two attached hydrogens (primary N) is 1. The average Bonchev–Trinajstić information content (AvgIpc) is 2.73. The van der Waals surface area contributed by atoms with E-state index in [4.69, 9.17) is 15.2 Å². The van der Waals surface area contributed by atoms with E-state index in [-0.39, 0.29) is 25.1 Å². The Morgan fingerprint density at radius 2 is 1.27 bits per heavy atom. The molecule has 1 unspecified atom stereocenters. The summed E-state index contributed by atoms with van der Waals surface area (Å²) in [5.74, 6) is 1.64. The van der Waals surface area contributed by atoms with Crippen LogP contribution in [0.3, 0.4) is 0 Å². The Bertz CT molecular complexity index is 513. The van der Waals surface area contributed by atoms with Crippen molar-refractivity contribution in [3.63, 3.8) is 0 Å². The molecule has 0 spiro atoms. The molecule has 0 heterocycles. The minimum Gasteiger partial charge on any atom is -0.490 e. The van der Waals surface area contributed by atoms with E-state index in [1.165, 1.54) is 64.2 Å². The fraction of sp³-hybridized carbons (Fsp3) is 0.760. The maximum atomic E-state index is 9.22. The van der Waals surface area contributed by atoms with Gasteiger partial charge in [-0.3, -0.25) is 0 Å². The van der Waals surface area contributed by atoms with E-state index in [2.05, 4.69) is 13.8 Å². The van der Waals surface area contributed by atoms with Crippen LogP contribution in [0.4, 0.5) is 0 Å². The Morgan fingerprint density at radius 3 is 1.80 bits per heavy atom. The minimum atomic E-state index is -0.240. The second-order valence-corrected chi connectivity index (χ2v) is 8.16. The van der Waals surface area contributed by atoms with Crippen molar-refractivity contribution in [2.45, 2.75) is 103 Å². The molecule has 0 aliphatic carbocycles. The highest BCUT2D eigenvalue weighted by molar-refractivity contribution is 5.85. The molecule has 0 amide bonds. The molecule has 1 rings (SSSR count). The lowest BCUT2D eigenvalue weighted by atomic mass is 10.1. The van der Waals surface area contributed by atoms with Gasteiger partial charge in [0.2, 0.25) is 0 Å². The van der Waals surface area contributed by atoms with Gasteiger partial charge >= 0.3 is 0 Å². The number of halogens is 1. The van der Waals surface area contributed by atoms with E-state index in [9.17, 15) is 5.11 Å². The molecule has 5 heteroatoms. The van der Waals surface area contributed by atoms with Crippen LogP contribution in [0, 0.1) is 0 Å². The number of aliphatic hydroxyl groups is 1. The van der Waals surface area contributed by atoms with Crippen LogP contribution in [-0.2, 0) is 6.42 Å². The van der Waals surface area contributed by atoms with E-state index >= 15 is 0 Å². The molecule has 0 saturated heterocycles. The van der Waals surface area contributed by atoms with Crippen LogP contribution in [0.5, 0.6) is 11.5 Å². The molecule has 1 atom stereocenters. The quantitative estimate of drug-likeness (QED) is 0.241. The summed E-state index contributed by atoms with van der Waals surface area (Å²) in [5.41, 5.74) is 6.98. The number of aliphatic hydroxyl groups excluding tert-OH is 1. The van der Waals surface area contributed by atoms with Gasteiger partial charge in [0.1, 0.15) is 0 Å². The highest BCUT2D eigenvalue weighted by Gasteiger charge is 2.10. The first-order valence-electron chi connectivity index (χ1n) is 12.0. The molecule has 0 aliphatic heterocycles. The van der Waals surface area contributed by atoms with Gasteiger partial charge in [-0.1, -0.05) is 84.1 Å². The van der Waals surface area contributed by atoms with Crippen LogP contribution in [0.2, 0.25) is 0 Å². The van der Waals surface area contributed by atoms with Crippen molar-refractivity contribution in [1.82, 2.24) is 0 Å². The lowest BCUT2D eigenvalue weighted by molar-refractivity contribution is 0.256. The van der Waals surface area contributed by atoms with Gasteiger partial charge in [-0.05, 0) is 37.0 Å². The first-order chi connectivity index (χ1) is 14.2. The van der Waals surface area contributed by atoms with E-state index in [0.29, 0.717) is 6.42 Å². The molecule has 0 aliphatic rings. The maximum absolute atomic E-state index is 9.22. The van der Waals surface area contributed by atoms with Gasteiger partial charge < -0.3 is 20.3 Å². The fourth-order valence-corrected chi connectivity index (χ4v) is 3.41. The number of unbranched alkanes of at least 4 members (excludes halogenated alkanes) is 10. The number of ether oxygens (including phenoxy) is 2. The van der Waals surface area contributed by atoms with Crippen molar-refractivity contribution < 1.29 is 14.6 Å². The summed E-state index contributed by atoms with van der Waals surface area (Å²) in [7, 11) is 0.